The van der Waals surface area contributed by atoms with Crippen LogP contribution in [0.25, 0.3) is 0 Å². The van der Waals surface area contributed by atoms with Gasteiger partial charge in [-0.1, -0.05) is 46.8 Å². The van der Waals surface area contributed by atoms with Crippen molar-refractivity contribution in [1.82, 2.24) is 20.3 Å². The molecule has 1 atom stereocenters. The average Bonchev–Trinajstić information content (AvgIpc) is 2.80. The Morgan fingerprint density at radius 1 is 1.25 bits per heavy atom. The molecule has 0 saturated carbocycles. The van der Waals surface area contributed by atoms with Gasteiger partial charge in [0.25, 0.3) is 0 Å². The van der Waals surface area contributed by atoms with Gasteiger partial charge >= 0.3 is 0 Å². The van der Waals surface area contributed by atoms with E-state index in [1.165, 1.54) is 0 Å². The molecule has 1 rings (SSSR count). The Kier molecular flexibility index (Phi) is 6.33. The number of rotatable bonds is 8. The Balaban J connectivity index is 2.83. The van der Waals surface area contributed by atoms with Gasteiger partial charge in [0, 0.05) is 18.5 Å². The fourth-order valence-electron chi connectivity index (χ4n) is 2.04. The molecule has 0 radical (unpaired) electrons. The minimum absolute atomic E-state index is 0.0141. The van der Waals surface area contributed by atoms with Crippen molar-refractivity contribution >= 4 is 5.78 Å². The molecule has 0 fully saturated rings. The third-order valence-electron chi connectivity index (χ3n) is 3.16. The van der Waals surface area contributed by atoms with Crippen LogP contribution in [0.4, 0.5) is 0 Å². The van der Waals surface area contributed by atoms with Crippen molar-refractivity contribution in [3.63, 3.8) is 0 Å². The fraction of sp³-hybridized carbons (Fsp3) is 0.800. The van der Waals surface area contributed by atoms with Crippen molar-refractivity contribution in [3.8, 4) is 0 Å². The van der Waals surface area contributed by atoms with Gasteiger partial charge in [0.2, 0.25) is 0 Å². The van der Waals surface area contributed by atoms with E-state index in [1.54, 1.807) is 4.68 Å². The van der Waals surface area contributed by atoms with E-state index in [1.807, 2.05) is 20.0 Å². The first-order chi connectivity index (χ1) is 9.31. The highest BCUT2D eigenvalue weighted by Crippen LogP contribution is 2.21. The number of nitrogens with one attached hydrogen (secondary N) is 1. The zero-order chi connectivity index (χ0) is 15.3. The van der Waals surface area contributed by atoms with Crippen LogP contribution in [0, 0.1) is 11.8 Å². The third kappa shape index (κ3) is 5.04. The molecule has 1 aromatic rings. The van der Waals surface area contributed by atoms with Crippen LogP contribution in [0.1, 0.15) is 59.7 Å². The Hall–Kier alpha value is -1.23. The molecule has 0 saturated heterocycles. The highest BCUT2D eigenvalue weighted by atomic mass is 16.1. The smallest absolute Gasteiger partial charge is 0.159 e. The summed E-state index contributed by atoms with van der Waals surface area (Å²) in [5, 5.41) is 11.6. The maximum Gasteiger partial charge on any atom is 0.159 e. The summed E-state index contributed by atoms with van der Waals surface area (Å²) in [5.74, 6) is 0.691. The lowest BCUT2D eigenvalue weighted by Crippen LogP contribution is -2.25. The summed E-state index contributed by atoms with van der Waals surface area (Å²) in [4.78, 5) is 12.4. The quantitative estimate of drug-likeness (QED) is 0.795. The van der Waals surface area contributed by atoms with E-state index in [0.29, 0.717) is 18.5 Å². The van der Waals surface area contributed by atoms with Crippen LogP contribution in [0.2, 0.25) is 0 Å². The number of Topliss-reactive ketones (excluding diaryl/α,β-unsaturated/α-hetero) is 1. The molecule has 0 spiro atoms. The molecule has 1 heterocycles. The highest BCUT2D eigenvalue weighted by Gasteiger charge is 2.25. The van der Waals surface area contributed by atoms with Gasteiger partial charge in [0.05, 0.1) is 11.9 Å². The molecule has 0 aliphatic rings. The Labute approximate surface area is 122 Å². The SMILES string of the molecule is CC(C)C[C@@H](C(=O)C(C)C)n1cc(CNC(C)C)nn1. The number of hydrogen-bond donors (Lipinski definition) is 1. The van der Waals surface area contributed by atoms with Crippen LogP contribution in [0.15, 0.2) is 6.20 Å². The van der Waals surface area contributed by atoms with Crippen LogP contribution in [-0.2, 0) is 11.3 Å². The third-order valence-corrected chi connectivity index (χ3v) is 3.16. The summed E-state index contributed by atoms with van der Waals surface area (Å²) < 4.78 is 1.74. The average molecular weight is 280 g/mol. The minimum Gasteiger partial charge on any atom is -0.309 e. The molecule has 1 N–H and O–H groups in total. The standard InChI is InChI=1S/C15H28N4O/c1-10(2)7-14(15(20)11(3)4)19-9-13(17-18-19)8-16-12(5)6/h9-12,14,16H,7-8H2,1-6H3/t14-/m0/s1. The first-order valence-corrected chi connectivity index (χ1v) is 7.49. The van der Waals surface area contributed by atoms with Crippen LogP contribution < -0.4 is 5.32 Å². The number of aromatic nitrogens is 3. The zero-order valence-corrected chi connectivity index (χ0v) is 13.6. The van der Waals surface area contributed by atoms with Crippen LogP contribution in [0.5, 0.6) is 0 Å². The van der Waals surface area contributed by atoms with Crippen LogP contribution in [-0.4, -0.2) is 26.8 Å². The summed E-state index contributed by atoms with van der Waals surface area (Å²) in [7, 11) is 0. The highest BCUT2D eigenvalue weighted by molar-refractivity contribution is 5.84. The van der Waals surface area contributed by atoms with Crippen LogP contribution >= 0.6 is 0 Å². The lowest BCUT2D eigenvalue weighted by atomic mass is 9.94. The summed E-state index contributed by atoms with van der Waals surface area (Å²) in [6, 6.07) is 0.208. The van der Waals surface area contributed by atoms with E-state index in [9.17, 15) is 4.79 Å². The van der Waals surface area contributed by atoms with Crippen molar-refractivity contribution in [2.75, 3.05) is 0 Å². The zero-order valence-electron chi connectivity index (χ0n) is 13.6. The normalized spacial score (nSPS) is 13.4. The first kappa shape index (κ1) is 16.8. The van der Waals surface area contributed by atoms with Gasteiger partial charge in [-0.3, -0.25) is 4.79 Å². The van der Waals surface area contributed by atoms with Crippen molar-refractivity contribution in [1.29, 1.82) is 0 Å². The number of hydrogen-bond acceptors (Lipinski definition) is 4. The number of carbonyl (C=O) groups excluding carboxylic acids is 1. The fourth-order valence-corrected chi connectivity index (χ4v) is 2.04. The van der Waals surface area contributed by atoms with Crippen molar-refractivity contribution < 1.29 is 4.79 Å². The number of nitrogens with zero attached hydrogens (tertiary/aromatic N) is 3. The lowest BCUT2D eigenvalue weighted by molar-refractivity contribution is -0.126. The van der Waals surface area contributed by atoms with Gasteiger partial charge < -0.3 is 5.32 Å². The molecular weight excluding hydrogens is 252 g/mol. The van der Waals surface area contributed by atoms with Gasteiger partial charge in [-0.25, -0.2) is 4.68 Å². The molecular formula is C15H28N4O. The Bertz CT molecular complexity index is 423. The molecule has 0 bridgehead atoms. The molecule has 5 heteroatoms. The van der Waals surface area contributed by atoms with E-state index in [2.05, 4.69) is 43.3 Å². The van der Waals surface area contributed by atoms with Crippen molar-refractivity contribution in [2.45, 2.75) is 66.6 Å². The number of ketones is 1. The molecule has 0 aliphatic carbocycles. The largest absolute Gasteiger partial charge is 0.309 e. The van der Waals surface area contributed by atoms with Gasteiger partial charge in [-0.15, -0.1) is 5.10 Å². The van der Waals surface area contributed by atoms with Gasteiger partial charge in [0.15, 0.2) is 5.78 Å². The second-order valence-corrected chi connectivity index (χ2v) is 6.43. The van der Waals surface area contributed by atoms with Gasteiger partial charge in [-0.2, -0.15) is 0 Å². The molecule has 114 valence electrons. The van der Waals surface area contributed by atoms with Crippen LogP contribution in [0.3, 0.4) is 0 Å². The van der Waals surface area contributed by atoms with Crippen molar-refractivity contribution in [3.05, 3.63) is 11.9 Å². The summed E-state index contributed by atoms with van der Waals surface area (Å²) in [6.07, 6.45) is 2.69. The van der Waals surface area contributed by atoms with E-state index >= 15 is 0 Å². The Morgan fingerprint density at radius 3 is 2.40 bits per heavy atom. The molecule has 1 aromatic heterocycles. The molecule has 0 amide bonds. The minimum atomic E-state index is -0.199. The summed E-state index contributed by atoms with van der Waals surface area (Å²) in [6.45, 7) is 13.0. The predicted molar refractivity (Wildman–Crippen MR) is 80.3 cm³/mol. The second kappa shape index (κ2) is 7.53. The van der Waals surface area contributed by atoms with Crippen molar-refractivity contribution in [2.24, 2.45) is 11.8 Å². The van der Waals surface area contributed by atoms with E-state index in [4.69, 9.17) is 0 Å². The molecule has 0 aromatic carbocycles. The topological polar surface area (TPSA) is 59.8 Å². The molecule has 20 heavy (non-hydrogen) atoms. The van der Waals surface area contributed by atoms with E-state index < -0.39 is 0 Å². The second-order valence-electron chi connectivity index (χ2n) is 6.43. The molecule has 0 unspecified atom stereocenters. The lowest BCUT2D eigenvalue weighted by Gasteiger charge is -2.19. The maximum absolute atomic E-state index is 12.4. The monoisotopic (exact) mass is 280 g/mol. The maximum atomic E-state index is 12.4. The van der Waals surface area contributed by atoms with E-state index in [0.717, 1.165) is 12.1 Å². The van der Waals surface area contributed by atoms with Gasteiger partial charge in [-0.05, 0) is 12.3 Å². The predicted octanol–water partition coefficient (Wildman–Crippen LogP) is 2.59. The van der Waals surface area contributed by atoms with Gasteiger partial charge in [0.1, 0.15) is 6.04 Å². The first-order valence-electron chi connectivity index (χ1n) is 7.49. The molecule has 0 aliphatic heterocycles. The Morgan fingerprint density at radius 2 is 1.90 bits per heavy atom. The summed E-state index contributed by atoms with van der Waals surface area (Å²) >= 11 is 0. The molecule has 5 nitrogen and oxygen atoms in total. The van der Waals surface area contributed by atoms with E-state index in [-0.39, 0.29) is 17.7 Å². The summed E-state index contributed by atoms with van der Waals surface area (Å²) in [5.41, 5.74) is 0.879. The number of carbonyl (C=O) groups is 1.